The summed E-state index contributed by atoms with van der Waals surface area (Å²) in [5, 5.41) is 6.34. The third-order valence-corrected chi connectivity index (χ3v) is 4.69. The number of ether oxygens (including phenoxy) is 1. The van der Waals surface area contributed by atoms with Crippen molar-refractivity contribution in [3.05, 3.63) is 47.9 Å². The van der Waals surface area contributed by atoms with E-state index in [2.05, 4.69) is 20.6 Å². The summed E-state index contributed by atoms with van der Waals surface area (Å²) in [7, 11) is 1.65. The van der Waals surface area contributed by atoms with E-state index in [1.807, 2.05) is 24.3 Å². The van der Waals surface area contributed by atoms with Crippen molar-refractivity contribution in [2.75, 3.05) is 19.0 Å². The molecular formula is C20H26N4O2. The Kier molecular flexibility index (Phi) is 6.41. The van der Waals surface area contributed by atoms with E-state index < -0.39 is 0 Å². The molecule has 1 heterocycles. The second-order valence-electron chi connectivity index (χ2n) is 6.63. The third kappa shape index (κ3) is 5.18. The Morgan fingerprint density at radius 2 is 2.04 bits per heavy atom. The second kappa shape index (κ2) is 9.17. The maximum Gasteiger partial charge on any atom is 0.270 e. The lowest BCUT2D eigenvalue weighted by atomic mass is 9.95. The zero-order valence-corrected chi connectivity index (χ0v) is 15.2. The molecule has 0 unspecified atom stereocenters. The molecule has 138 valence electrons. The second-order valence-corrected chi connectivity index (χ2v) is 6.63. The van der Waals surface area contributed by atoms with E-state index in [0.717, 1.165) is 36.4 Å². The van der Waals surface area contributed by atoms with Gasteiger partial charge in [-0.15, -0.1) is 0 Å². The molecule has 0 spiro atoms. The van der Waals surface area contributed by atoms with Gasteiger partial charge in [-0.2, -0.15) is 0 Å². The Morgan fingerprint density at radius 1 is 1.19 bits per heavy atom. The lowest BCUT2D eigenvalue weighted by molar-refractivity contribution is 0.0949. The van der Waals surface area contributed by atoms with Gasteiger partial charge >= 0.3 is 0 Å². The molecular weight excluding hydrogens is 328 g/mol. The van der Waals surface area contributed by atoms with E-state index in [1.54, 1.807) is 13.2 Å². The van der Waals surface area contributed by atoms with Crippen LogP contribution >= 0.6 is 0 Å². The van der Waals surface area contributed by atoms with Gasteiger partial charge in [-0.3, -0.25) is 4.79 Å². The monoisotopic (exact) mass is 354 g/mol. The zero-order valence-electron chi connectivity index (χ0n) is 15.2. The molecule has 6 heteroatoms. The molecule has 0 bridgehead atoms. The number of methoxy groups -OCH3 is 1. The molecule has 2 aromatic rings. The standard InChI is InChI=1S/C20H26N4O2/c1-26-17-9-5-6-15(12-17)10-11-21-20(25)18-13-19(23-14-22-18)24-16-7-3-2-4-8-16/h5-6,9,12-14,16H,2-4,7-8,10-11H2,1H3,(H,21,25)(H,22,23,24). The number of hydrogen-bond donors (Lipinski definition) is 2. The number of nitrogens with zero attached hydrogens (tertiary/aromatic N) is 2. The average Bonchev–Trinajstić information content (AvgIpc) is 2.69. The van der Waals surface area contributed by atoms with Crippen LogP contribution in [-0.4, -0.2) is 35.6 Å². The van der Waals surface area contributed by atoms with Gasteiger partial charge in [-0.1, -0.05) is 31.4 Å². The van der Waals surface area contributed by atoms with Crippen LogP contribution in [-0.2, 0) is 6.42 Å². The predicted octanol–water partition coefficient (Wildman–Crippen LogP) is 3.20. The fourth-order valence-corrected chi connectivity index (χ4v) is 3.26. The third-order valence-electron chi connectivity index (χ3n) is 4.69. The summed E-state index contributed by atoms with van der Waals surface area (Å²) in [5.74, 6) is 1.37. The average molecular weight is 354 g/mol. The Morgan fingerprint density at radius 3 is 2.85 bits per heavy atom. The number of carbonyl (C=O) groups is 1. The minimum atomic E-state index is -0.179. The van der Waals surface area contributed by atoms with Gasteiger partial charge < -0.3 is 15.4 Å². The fourth-order valence-electron chi connectivity index (χ4n) is 3.26. The lowest BCUT2D eigenvalue weighted by Crippen LogP contribution is -2.27. The minimum absolute atomic E-state index is 0.179. The Hall–Kier alpha value is -2.63. The highest BCUT2D eigenvalue weighted by Gasteiger charge is 2.15. The van der Waals surface area contributed by atoms with E-state index >= 15 is 0 Å². The highest BCUT2D eigenvalue weighted by molar-refractivity contribution is 5.92. The molecule has 0 aliphatic heterocycles. The first kappa shape index (κ1) is 18.2. The largest absolute Gasteiger partial charge is 0.497 e. The quantitative estimate of drug-likeness (QED) is 0.798. The van der Waals surface area contributed by atoms with Crippen molar-refractivity contribution < 1.29 is 9.53 Å². The number of carbonyl (C=O) groups excluding carboxylic acids is 1. The normalized spacial score (nSPS) is 14.7. The van der Waals surface area contributed by atoms with Crippen molar-refractivity contribution in [2.45, 2.75) is 44.6 Å². The van der Waals surface area contributed by atoms with Crippen LogP contribution in [0, 0.1) is 0 Å². The van der Waals surface area contributed by atoms with Gasteiger partial charge in [0.05, 0.1) is 7.11 Å². The Balaban J connectivity index is 1.51. The molecule has 1 aromatic heterocycles. The molecule has 0 radical (unpaired) electrons. The molecule has 1 aromatic carbocycles. The first-order valence-corrected chi connectivity index (χ1v) is 9.24. The van der Waals surface area contributed by atoms with Crippen molar-refractivity contribution >= 4 is 11.7 Å². The van der Waals surface area contributed by atoms with Crippen LogP contribution in [0.2, 0.25) is 0 Å². The van der Waals surface area contributed by atoms with Gasteiger partial charge in [0, 0.05) is 18.7 Å². The van der Waals surface area contributed by atoms with Crippen LogP contribution in [0.3, 0.4) is 0 Å². The van der Waals surface area contributed by atoms with E-state index in [1.165, 1.54) is 25.6 Å². The number of nitrogens with one attached hydrogen (secondary N) is 2. The van der Waals surface area contributed by atoms with Gasteiger partial charge in [0.2, 0.25) is 0 Å². The molecule has 6 nitrogen and oxygen atoms in total. The maximum atomic E-state index is 12.3. The SMILES string of the molecule is COc1cccc(CCNC(=O)c2cc(NC3CCCCC3)ncn2)c1. The number of amides is 1. The summed E-state index contributed by atoms with van der Waals surface area (Å²) in [6, 6.07) is 10.0. The lowest BCUT2D eigenvalue weighted by Gasteiger charge is -2.23. The van der Waals surface area contributed by atoms with Crippen LogP contribution in [0.4, 0.5) is 5.82 Å². The van der Waals surface area contributed by atoms with Crippen molar-refractivity contribution in [3.8, 4) is 5.75 Å². The molecule has 0 atom stereocenters. The van der Waals surface area contributed by atoms with Crippen molar-refractivity contribution in [3.63, 3.8) is 0 Å². The first-order chi connectivity index (χ1) is 12.7. The fraction of sp³-hybridized carbons (Fsp3) is 0.450. The van der Waals surface area contributed by atoms with Gasteiger partial charge in [0.15, 0.2) is 0 Å². The van der Waals surface area contributed by atoms with Crippen LogP contribution in [0.1, 0.15) is 48.2 Å². The molecule has 2 N–H and O–H groups in total. The van der Waals surface area contributed by atoms with Crippen LogP contribution in [0.5, 0.6) is 5.75 Å². The molecule has 1 amide bonds. The molecule has 3 rings (SSSR count). The molecule has 1 aliphatic carbocycles. The van der Waals surface area contributed by atoms with E-state index in [4.69, 9.17) is 4.74 Å². The van der Waals surface area contributed by atoms with Gasteiger partial charge in [-0.05, 0) is 37.0 Å². The Labute approximate surface area is 154 Å². The molecule has 0 saturated heterocycles. The number of anilines is 1. The van der Waals surface area contributed by atoms with Crippen molar-refractivity contribution in [2.24, 2.45) is 0 Å². The predicted molar refractivity (Wildman–Crippen MR) is 102 cm³/mol. The molecule has 1 saturated carbocycles. The number of rotatable bonds is 7. The summed E-state index contributed by atoms with van der Waals surface area (Å²) < 4.78 is 5.22. The Bertz CT molecular complexity index is 729. The van der Waals surface area contributed by atoms with Crippen LogP contribution < -0.4 is 15.4 Å². The van der Waals surface area contributed by atoms with Gasteiger partial charge in [0.25, 0.3) is 5.91 Å². The summed E-state index contributed by atoms with van der Waals surface area (Å²) in [4.78, 5) is 20.7. The minimum Gasteiger partial charge on any atom is -0.497 e. The van der Waals surface area contributed by atoms with Crippen LogP contribution in [0.15, 0.2) is 36.7 Å². The highest BCUT2D eigenvalue weighted by Crippen LogP contribution is 2.20. The van der Waals surface area contributed by atoms with Crippen molar-refractivity contribution in [1.29, 1.82) is 0 Å². The smallest absolute Gasteiger partial charge is 0.270 e. The van der Waals surface area contributed by atoms with E-state index in [0.29, 0.717) is 18.3 Å². The van der Waals surface area contributed by atoms with Gasteiger partial charge in [0.1, 0.15) is 23.6 Å². The number of benzene rings is 1. The molecule has 1 aliphatic rings. The molecule has 26 heavy (non-hydrogen) atoms. The first-order valence-electron chi connectivity index (χ1n) is 9.24. The maximum absolute atomic E-state index is 12.3. The number of hydrogen-bond acceptors (Lipinski definition) is 5. The topological polar surface area (TPSA) is 76.1 Å². The molecule has 1 fully saturated rings. The summed E-state index contributed by atoms with van der Waals surface area (Å²) in [6.45, 7) is 0.543. The number of aromatic nitrogens is 2. The summed E-state index contributed by atoms with van der Waals surface area (Å²) in [6.07, 6.45) is 8.31. The summed E-state index contributed by atoms with van der Waals surface area (Å²) >= 11 is 0. The van der Waals surface area contributed by atoms with Gasteiger partial charge in [-0.25, -0.2) is 9.97 Å². The van der Waals surface area contributed by atoms with E-state index in [9.17, 15) is 4.79 Å². The highest BCUT2D eigenvalue weighted by atomic mass is 16.5. The summed E-state index contributed by atoms with van der Waals surface area (Å²) in [5.41, 5.74) is 1.51. The van der Waals surface area contributed by atoms with E-state index in [-0.39, 0.29) is 5.91 Å². The van der Waals surface area contributed by atoms with Crippen molar-refractivity contribution in [1.82, 2.24) is 15.3 Å². The van der Waals surface area contributed by atoms with Crippen LogP contribution in [0.25, 0.3) is 0 Å². The zero-order chi connectivity index (χ0) is 18.2.